The minimum atomic E-state index is -0.820. The Bertz CT molecular complexity index is 971. The van der Waals surface area contributed by atoms with E-state index in [1.54, 1.807) is 0 Å². The zero-order valence-corrected chi connectivity index (χ0v) is 18.2. The van der Waals surface area contributed by atoms with Gasteiger partial charge in [-0.05, 0) is 41.2 Å². The van der Waals surface area contributed by atoms with Gasteiger partial charge in [-0.25, -0.2) is 0 Å². The molecule has 3 aromatic rings. The minimum Gasteiger partial charge on any atom is -0.491 e. The second-order valence-electron chi connectivity index (χ2n) is 7.66. The highest BCUT2D eigenvalue weighted by Crippen LogP contribution is 2.21. The van der Waals surface area contributed by atoms with E-state index < -0.39 is 12.1 Å². The lowest BCUT2D eigenvalue weighted by molar-refractivity contribution is -0.136. The Balaban J connectivity index is 1.39. The lowest BCUT2D eigenvalue weighted by Gasteiger charge is -2.13. The first kappa shape index (κ1) is 23.5. The Kier molecular flexibility index (Phi) is 9.29. The number of aryl methyl sites for hydroxylation is 1. The average Bonchev–Trinajstić information content (AvgIpc) is 2.81. The number of aliphatic hydroxyl groups excluding tert-OH is 1. The smallest absolute Gasteiger partial charge is 0.303 e. The zero-order valence-electron chi connectivity index (χ0n) is 18.2. The molecule has 5 nitrogen and oxygen atoms in total. The van der Waals surface area contributed by atoms with Gasteiger partial charge >= 0.3 is 5.97 Å². The summed E-state index contributed by atoms with van der Waals surface area (Å²) in [6.07, 6.45) is 1.33. The minimum absolute atomic E-state index is 0.0793. The molecule has 0 aliphatic carbocycles. The van der Waals surface area contributed by atoms with Crippen LogP contribution in [0.3, 0.4) is 0 Å². The third-order valence-electron chi connectivity index (χ3n) is 5.21. The molecule has 0 radical (unpaired) electrons. The van der Waals surface area contributed by atoms with E-state index in [2.05, 4.69) is 0 Å². The third kappa shape index (κ3) is 7.84. The lowest BCUT2D eigenvalue weighted by atomic mass is 9.99. The number of carboxylic acid groups (broad SMARTS) is 1. The molecule has 0 saturated heterocycles. The van der Waals surface area contributed by atoms with Crippen molar-refractivity contribution < 1.29 is 24.5 Å². The number of ether oxygens (including phenoxy) is 2. The van der Waals surface area contributed by atoms with Gasteiger partial charge in [0, 0.05) is 12.8 Å². The maximum atomic E-state index is 10.8. The fourth-order valence-corrected chi connectivity index (χ4v) is 3.51. The summed E-state index contributed by atoms with van der Waals surface area (Å²) in [4.78, 5) is 10.8. The summed E-state index contributed by atoms with van der Waals surface area (Å²) in [7, 11) is 0. The molecule has 168 valence electrons. The first-order valence-corrected chi connectivity index (χ1v) is 10.9. The number of aliphatic hydroxyl groups is 1. The van der Waals surface area contributed by atoms with Gasteiger partial charge < -0.3 is 19.7 Å². The van der Waals surface area contributed by atoms with Crippen LogP contribution in [0.1, 0.15) is 34.8 Å². The van der Waals surface area contributed by atoms with Crippen molar-refractivity contribution in [3.8, 4) is 5.75 Å². The summed E-state index contributed by atoms with van der Waals surface area (Å²) >= 11 is 0. The fourth-order valence-electron chi connectivity index (χ4n) is 3.51. The predicted molar refractivity (Wildman–Crippen MR) is 124 cm³/mol. The molecule has 0 saturated carbocycles. The molecule has 3 rings (SSSR count). The van der Waals surface area contributed by atoms with Crippen molar-refractivity contribution in [1.29, 1.82) is 0 Å². The van der Waals surface area contributed by atoms with Gasteiger partial charge in [-0.2, -0.15) is 0 Å². The largest absolute Gasteiger partial charge is 0.491 e. The van der Waals surface area contributed by atoms with Crippen LogP contribution in [-0.2, 0) is 28.8 Å². The summed E-state index contributed by atoms with van der Waals surface area (Å²) in [5, 5.41) is 19.4. The van der Waals surface area contributed by atoms with Crippen LogP contribution in [-0.4, -0.2) is 36.0 Å². The van der Waals surface area contributed by atoms with Gasteiger partial charge in [0.25, 0.3) is 0 Å². The average molecular weight is 435 g/mol. The van der Waals surface area contributed by atoms with Gasteiger partial charge in [0.15, 0.2) is 0 Å². The van der Waals surface area contributed by atoms with Gasteiger partial charge in [0.1, 0.15) is 12.4 Å². The van der Waals surface area contributed by atoms with Crippen molar-refractivity contribution in [3.05, 3.63) is 101 Å². The Morgan fingerprint density at radius 2 is 1.56 bits per heavy atom. The number of para-hydroxylation sites is 1. The lowest BCUT2D eigenvalue weighted by Crippen LogP contribution is -2.10. The number of carboxylic acids is 1. The van der Waals surface area contributed by atoms with Crippen LogP contribution >= 0.6 is 0 Å². The second-order valence-corrected chi connectivity index (χ2v) is 7.66. The van der Waals surface area contributed by atoms with Crippen LogP contribution in [0.15, 0.2) is 78.9 Å². The number of benzene rings is 3. The molecule has 1 atom stereocenters. The molecule has 5 heteroatoms. The molecule has 0 aromatic heterocycles. The zero-order chi connectivity index (χ0) is 22.6. The normalized spacial score (nSPS) is 11.8. The van der Waals surface area contributed by atoms with Crippen molar-refractivity contribution in [2.45, 2.75) is 31.8 Å². The van der Waals surface area contributed by atoms with E-state index in [1.807, 2.05) is 78.9 Å². The van der Waals surface area contributed by atoms with Crippen molar-refractivity contribution in [3.63, 3.8) is 0 Å². The van der Waals surface area contributed by atoms with Crippen molar-refractivity contribution in [1.82, 2.24) is 0 Å². The van der Waals surface area contributed by atoms with Gasteiger partial charge in [-0.1, -0.05) is 72.8 Å². The summed E-state index contributed by atoms with van der Waals surface area (Å²) in [5.74, 6) is -0.114. The second kappa shape index (κ2) is 12.6. The van der Waals surface area contributed by atoms with Gasteiger partial charge in [-0.3, -0.25) is 4.79 Å². The molecule has 0 bridgehead atoms. The first-order chi connectivity index (χ1) is 15.6. The van der Waals surface area contributed by atoms with Crippen LogP contribution < -0.4 is 4.74 Å². The molecule has 0 unspecified atom stereocenters. The van der Waals surface area contributed by atoms with E-state index in [0.29, 0.717) is 38.4 Å². The van der Waals surface area contributed by atoms with E-state index in [4.69, 9.17) is 14.6 Å². The van der Waals surface area contributed by atoms with Crippen LogP contribution in [0.2, 0.25) is 0 Å². The Labute approximate surface area is 189 Å². The maximum absolute atomic E-state index is 10.8. The number of hydrogen-bond acceptors (Lipinski definition) is 4. The van der Waals surface area contributed by atoms with E-state index in [0.717, 1.165) is 28.7 Å². The predicted octanol–water partition coefficient (Wildman–Crippen LogP) is 4.62. The highest BCUT2D eigenvalue weighted by molar-refractivity contribution is 5.67. The maximum Gasteiger partial charge on any atom is 0.303 e. The van der Waals surface area contributed by atoms with Crippen LogP contribution in [0.4, 0.5) is 0 Å². The molecule has 0 fully saturated rings. The topological polar surface area (TPSA) is 76.0 Å². The molecule has 0 aliphatic rings. The molecule has 32 heavy (non-hydrogen) atoms. The molecule has 3 aromatic carbocycles. The Hall–Kier alpha value is -3.15. The quantitative estimate of drug-likeness (QED) is 0.384. The molecular formula is C27H30O5. The summed E-state index contributed by atoms with van der Waals surface area (Å²) in [5.41, 5.74) is 4.03. The van der Waals surface area contributed by atoms with Crippen LogP contribution in [0.25, 0.3) is 0 Å². The third-order valence-corrected chi connectivity index (χ3v) is 5.21. The van der Waals surface area contributed by atoms with Crippen LogP contribution in [0, 0.1) is 0 Å². The molecule has 0 amide bonds. The number of rotatable bonds is 13. The summed E-state index contributed by atoms with van der Waals surface area (Å²) in [6, 6.07) is 25.5. The van der Waals surface area contributed by atoms with E-state index >= 15 is 0 Å². The van der Waals surface area contributed by atoms with Gasteiger partial charge in [0.05, 0.1) is 19.3 Å². The highest BCUT2D eigenvalue weighted by Gasteiger charge is 2.09. The van der Waals surface area contributed by atoms with E-state index in [9.17, 15) is 9.90 Å². The van der Waals surface area contributed by atoms with E-state index in [-0.39, 0.29) is 6.42 Å². The van der Waals surface area contributed by atoms with Crippen molar-refractivity contribution in [2.75, 3.05) is 19.8 Å². The van der Waals surface area contributed by atoms with Crippen molar-refractivity contribution >= 4 is 5.97 Å². The first-order valence-electron chi connectivity index (χ1n) is 10.9. The van der Waals surface area contributed by atoms with E-state index in [1.165, 1.54) is 0 Å². The monoisotopic (exact) mass is 434 g/mol. The Morgan fingerprint density at radius 1 is 0.812 bits per heavy atom. The molecule has 2 N–H and O–H groups in total. The van der Waals surface area contributed by atoms with Gasteiger partial charge in [-0.15, -0.1) is 0 Å². The number of hydrogen-bond donors (Lipinski definition) is 2. The Morgan fingerprint density at radius 3 is 2.38 bits per heavy atom. The SMILES string of the molecule is O=C(O)CCc1ccccc1OCCOCCc1cccc([C@H](O)Cc2ccccc2)c1. The standard InChI is InChI=1S/C27H30O5/c28-25(20-21-7-2-1-3-8-21)24-11-6-9-22(19-24)15-16-31-17-18-32-26-12-5-4-10-23(26)13-14-27(29)30/h1-12,19,25,28H,13-18,20H2,(H,29,30)/t25-/m1/s1. The number of aliphatic carboxylic acids is 1. The summed E-state index contributed by atoms with van der Waals surface area (Å²) < 4.78 is 11.5. The van der Waals surface area contributed by atoms with Crippen LogP contribution in [0.5, 0.6) is 5.75 Å². The molecular weight excluding hydrogens is 404 g/mol. The fraction of sp³-hybridized carbons (Fsp3) is 0.296. The molecule has 0 spiro atoms. The highest BCUT2D eigenvalue weighted by atomic mass is 16.5. The van der Waals surface area contributed by atoms with Gasteiger partial charge in [0.2, 0.25) is 0 Å². The molecule has 0 aliphatic heterocycles. The molecule has 0 heterocycles. The van der Waals surface area contributed by atoms with Crippen molar-refractivity contribution in [2.24, 2.45) is 0 Å². The number of carbonyl (C=O) groups is 1. The summed E-state index contributed by atoms with van der Waals surface area (Å²) in [6.45, 7) is 1.41.